The van der Waals surface area contributed by atoms with Crippen molar-refractivity contribution >= 4 is 5.82 Å². The Labute approximate surface area is 103 Å². The molecule has 2 unspecified atom stereocenters. The predicted octanol–water partition coefficient (Wildman–Crippen LogP) is 2.10. The lowest BCUT2D eigenvalue weighted by Crippen LogP contribution is -2.48. The molecule has 0 aromatic carbocycles. The maximum Gasteiger partial charge on any atom is 0.130 e. The SMILES string of the molecule is Cc1cc(NC2(CN)CCCC(C)C2)ncn1. The third kappa shape index (κ3) is 2.94. The summed E-state index contributed by atoms with van der Waals surface area (Å²) < 4.78 is 0. The number of aromatic nitrogens is 2. The van der Waals surface area contributed by atoms with Crippen molar-refractivity contribution in [3.63, 3.8) is 0 Å². The van der Waals surface area contributed by atoms with Crippen molar-refractivity contribution in [3.8, 4) is 0 Å². The van der Waals surface area contributed by atoms with Crippen molar-refractivity contribution in [2.45, 2.75) is 45.1 Å². The summed E-state index contributed by atoms with van der Waals surface area (Å²) >= 11 is 0. The topological polar surface area (TPSA) is 63.8 Å². The number of hydrogen-bond acceptors (Lipinski definition) is 4. The second-order valence-electron chi connectivity index (χ2n) is 5.36. The van der Waals surface area contributed by atoms with Crippen molar-refractivity contribution in [2.24, 2.45) is 11.7 Å². The molecule has 1 aliphatic rings. The minimum Gasteiger partial charge on any atom is -0.363 e. The molecule has 1 heterocycles. The van der Waals surface area contributed by atoms with Gasteiger partial charge in [0.05, 0.1) is 5.54 Å². The fraction of sp³-hybridized carbons (Fsp3) is 0.692. The van der Waals surface area contributed by atoms with E-state index in [0.717, 1.165) is 30.3 Å². The fourth-order valence-electron chi connectivity index (χ4n) is 2.80. The van der Waals surface area contributed by atoms with Crippen molar-refractivity contribution in [3.05, 3.63) is 18.1 Å². The Morgan fingerprint density at radius 2 is 2.35 bits per heavy atom. The van der Waals surface area contributed by atoms with Gasteiger partial charge in [-0.1, -0.05) is 19.8 Å². The molecule has 1 aliphatic carbocycles. The van der Waals surface area contributed by atoms with Gasteiger partial charge < -0.3 is 11.1 Å². The second kappa shape index (κ2) is 5.00. The average Bonchev–Trinajstić information content (AvgIpc) is 2.29. The molecule has 94 valence electrons. The van der Waals surface area contributed by atoms with Crippen LogP contribution in [-0.4, -0.2) is 22.1 Å². The van der Waals surface area contributed by atoms with E-state index in [1.165, 1.54) is 12.8 Å². The van der Waals surface area contributed by atoms with Gasteiger partial charge in [0.25, 0.3) is 0 Å². The van der Waals surface area contributed by atoms with Gasteiger partial charge in [0, 0.05) is 18.3 Å². The molecule has 0 bridgehead atoms. The molecule has 1 saturated carbocycles. The fourth-order valence-corrected chi connectivity index (χ4v) is 2.80. The maximum absolute atomic E-state index is 5.98. The Morgan fingerprint density at radius 1 is 1.53 bits per heavy atom. The summed E-state index contributed by atoms with van der Waals surface area (Å²) in [6.07, 6.45) is 6.43. The van der Waals surface area contributed by atoms with Gasteiger partial charge in [-0.2, -0.15) is 0 Å². The van der Waals surface area contributed by atoms with E-state index in [0.29, 0.717) is 6.54 Å². The summed E-state index contributed by atoms with van der Waals surface area (Å²) in [4.78, 5) is 8.39. The van der Waals surface area contributed by atoms with Crippen LogP contribution in [-0.2, 0) is 0 Å². The molecule has 4 nitrogen and oxygen atoms in total. The molecule has 0 radical (unpaired) electrons. The van der Waals surface area contributed by atoms with Gasteiger partial charge in [-0.3, -0.25) is 0 Å². The van der Waals surface area contributed by atoms with Crippen molar-refractivity contribution < 1.29 is 0 Å². The number of hydrogen-bond donors (Lipinski definition) is 2. The zero-order valence-electron chi connectivity index (χ0n) is 10.7. The van der Waals surface area contributed by atoms with Gasteiger partial charge in [0.2, 0.25) is 0 Å². The Hall–Kier alpha value is -1.16. The van der Waals surface area contributed by atoms with Crippen LogP contribution in [0, 0.1) is 12.8 Å². The van der Waals surface area contributed by atoms with Gasteiger partial charge in [-0.15, -0.1) is 0 Å². The van der Waals surface area contributed by atoms with Crippen LogP contribution in [0.3, 0.4) is 0 Å². The number of nitrogens with one attached hydrogen (secondary N) is 1. The lowest BCUT2D eigenvalue weighted by Gasteiger charge is -2.40. The quantitative estimate of drug-likeness (QED) is 0.840. The minimum atomic E-state index is 0.0262. The Kier molecular flexibility index (Phi) is 3.62. The van der Waals surface area contributed by atoms with Crippen LogP contribution in [0.15, 0.2) is 12.4 Å². The molecular formula is C13H22N4. The molecule has 0 saturated heterocycles. The van der Waals surface area contributed by atoms with Crippen molar-refractivity contribution in [1.82, 2.24) is 9.97 Å². The highest BCUT2D eigenvalue weighted by atomic mass is 15.1. The first-order chi connectivity index (χ1) is 8.13. The van der Waals surface area contributed by atoms with E-state index in [9.17, 15) is 0 Å². The van der Waals surface area contributed by atoms with E-state index >= 15 is 0 Å². The lowest BCUT2D eigenvalue weighted by molar-refractivity contribution is 0.263. The number of anilines is 1. The van der Waals surface area contributed by atoms with E-state index in [2.05, 4.69) is 22.2 Å². The van der Waals surface area contributed by atoms with Crippen LogP contribution in [0.2, 0.25) is 0 Å². The average molecular weight is 234 g/mol. The van der Waals surface area contributed by atoms with Gasteiger partial charge in [0.15, 0.2) is 0 Å². The van der Waals surface area contributed by atoms with Gasteiger partial charge in [-0.05, 0) is 25.7 Å². The first-order valence-electron chi connectivity index (χ1n) is 6.40. The Bertz CT molecular complexity index is 379. The molecule has 0 aliphatic heterocycles. The van der Waals surface area contributed by atoms with Crippen LogP contribution in [0.25, 0.3) is 0 Å². The maximum atomic E-state index is 5.98. The highest BCUT2D eigenvalue weighted by molar-refractivity contribution is 5.38. The summed E-state index contributed by atoms with van der Waals surface area (Å²) in [7, 11) is 0. The van der Waals surface area contributed by atoms with Crippen LogP contribution < -0.4 is 11.1 Å². The smallest absolute Gasteiger partial charge is 0.130 e. The largest absolute Gasteiger partial charge is 0.363 e. The van der Waals surface area contributed by atoms with Crippen LogP contribution in [0.1, 0.15) is 38.3 Å². The summed E-state index contributed by atoms with van der Waals surface area (Å²) in [6, 6.07) is 1.98. The summed E-state index contributed by atoms with van der Waals surface area (Å²) in [6.45, 7) is 4.95. The minimum absolute atomic E-state index is 0.0262. The number of nitrogens with two attached hydrogens (primary N) is 1. The third-order valence-electron chi connectivity index (χ3n) is 3.68. The van der Waals surface area contributed by atoms with Crippen molar-refractivity contribution in [1.29, 1.82) is 0 Å². The molecule has 2 rings (SSSR count). The van der Waals surface area contributed by atoms with E-state index in [1.54, 1.807) is 6.33 Å². The van der Waals surface area contributed by atoms with Crippen molar-refractivity contribution in [2.75, 3.05) is 11.9 Å². The standard InChI is InChI=1S/C13H22N4/c1-10-4-3-5-13(7-10,8-14)17-12-6-11(2)15-9-16-12/h6,9-10H,3-5,7-8,14H2,1-2H3,(H,15,16,17). The van der Waals surface area contributed by atoms with E-state index in [1.807, 2.05) is 13.0 Å². The molecule has 3 N–H and O–H groups in total. The van der Waals surface area contributed by atoms with Gasteiger partial charge >= 0.3 is 0 Å². The van der Waals surface area contributed by atoms with E-state index in [-0.39, 0.29) is 5.54 Å². The monoisotopic (exact) mass is 234 g/mol. The van der Waals surface area contributed by atoms with Gasteiger partial charge in [0.1, 0.15) is 12.1 Å². The lowest BCUT2D eigenvalue weighted by atomic mass is 9.76. The molecule has 2 atom stereocenters. The molecule has 0 amide bonds. The van der Waals surface area contributed by atoms with E-state index < -0.39 is 0 Å². The molecule has 1 fully saturated rings. The molecule has 4 heteroatoms. The molecule has 1 aromatic heterocycles. The summed E-state index contributed by atoms with van der Waals surface area (Å²) in [5.74, 6) is 1.64. The van der Waals surface area contributed by atoms with Gasteiger partial charge in [-0.25, -0.2) is 9.97 Å². The zero-order valence-corrected chi connectivity index (χ0v) is 10.7. The second-order valence-corrected chi connectivity index (χ2v) is 5.36. The van der Waals surface area contributed by atoms with E-state index in [4.69, 9.17) is 5.73 Å². The highest BCUT2D eigenvalue weighted by Crippen LogP contribution is 2.33. The first-order valence-corrected chi connectivity index (χ1v) is 6.40. The molecule has 0 spiro atoms. The molecule has 17 heavy (non-hydrogen) atoms. The number of nitrogens with zero attached hydrogens (tertiary/aromatic N) is 2. The normalized spacial score (nSPS) is 29.0. The summed E-state index contributed by atoms with van der Waals surface area (Å²) in [5, 5.41) is 3.54. The van der Waals surface area contributed by atoms with Crippen LogP contribution in [0.5, 0.6) is 0 Å². The zero-order chi connectivity index (χ0) is 12.3. The number of aryl methyl sites for hydroxylation is 1. The predicted molar refractivity (Wildman–Crippen MR) is 69.8 cm³/mol. The summed E-state index contributed by atoms with van der Waals surface area (Å²) in [5.41, 5.74) is 6.99. The Balaban J connectivity index is 2.13. The highest BCUT2D eigenvalue weighted by Gasteiger charge is 2.33. The Morgan fingerprint density at radius 3 is 3.00 bits per heavy atom. The first kappa shape index (κ1) is 12.3. The molecular weight excluding hydrogens is 212 g/mol. The third-order valence-corrected chi connectivity index (χ3v) is 3.68. The number of rotatable bonds is 3. The van der Waals surface area contributed by atoms with Crippen LogP contribution >= 0.6 is 0 Å². The van der Waals surface area contributed by atoms with Crippen LogP contribution in [0.4, 0.5) is 5.82 Å². The molecule has 1 aromatic rings.